The first-order chi connectivity index (χ1) is 15.7. The van der Waals surface area contributed by atoms with E-state index in [1.807, 2.05) is 66.7 Å². The summed E-state index contributed by atoms with van der Waals surface area (Å²) in [7, 11) is -2.01. The molecule has 0 spiro atoms. The predicted octanol–water partition coefficient (Wildman–Crippen LogP) is 5.25. The molecule has 0 fully saturated rings. The minimum atomic E-state index is -1.08. The summed E-state index contributed by atoms with van der Waals surface area (Å²) in [5, 5.41) is 12.2. The lowest BCUT2D eigenvalue weighted by Crippen LogP contribution is -2.13. The summed E-state index contributed by atoms with van der Waals surface area (Å²) in [4.78, 5) is 1.67. The van der Waals surface area contributed by atoms with Gasteiger partial charge in [-0.25, -0.2) is 0 Å². The van der Waals surface area contributed by atoms with Gasteiger partial charge in [-0.15, -0.1) is 0 Å². The van der Waals surface area contributed by atoms with Crippen LogP contribution in [0.1, 0.15) is 16.7 Å². The molecule has 5 N–H and O–H groups in total. The summed E-state index contributed by atoms with van der Waals surface area (Å²) in [6.07, 6.45) is 8.12. The number of hydrazine groups is 1. The maximum absolute atomic E-state index is 12.0. The van der Waals surface area contributed by atoms with Gasteiger partial charge in [0.05, 0.1) is 27.1 Å². The zero-order valence-electron chi connectivity index (χ0n) is 19.1. The standard InChI is InChI=1S/C25H28N4OS3/c1-32(30)24-11-6-5-10-23(24)31-29-20-12-13-22(28-27)21(17-20)25(26)19-9-7-8-18(16-19)14-15-33(2,3)4/h5-13,16-17,26,28-29H,27H2,1-4H3. The van der Waals surface area contributed by atoms with Crippen molar-refractivity contribution in [1.82, 2.24) is 0 Å². The van der Waals surface area contributed by atoms with Crippen molar-refractivity contribution in [3.8, 4) is 11.2 Å². The van der Waals surface area contributed by atoms with Crippen LogP contribution in [0.2, 0.25) is 0 Å². The third-order valence-electron chi connectivity index (χ3n) is 4.53. The van der Waals surface area contributed by atoms with E-state index in [4.69, 9.17) is 11.3 Å². The van der Waals surface area contributed by atoms with E-state index in [1.165, 1.54) is 11.9 Å². The Morgan fingerprint density at radius 2 is 1.82 bits per heavy atom. The minimum absolute atomic E-state index is 0.346. The molecule has 0 amide bonds. The van der Waals surface area contributed by atoms with Crippen LogP contribution in [0.4, 0.5) is 11.4 Å². The molecule has 0 aromatic heterocycles. The predicted molar refractivity (Wildman–Crippen MR) is 147 cm³/mol. The number of anilines is 2. The second kappa shape index (κ2) is 10.9. The van der Waals surface area contributed by atoms with Crippen LogP contribution in [0, 0.1) is 16.6 Å². The summed E-state index contributed by atoms with van der Waals surface area (Å²) < 4.78 is 15.3. The molecule has 3 rings (SSSR count). The van der Waals surface area contributed by atoms with Crippen LogP contribution in [-0.4, -0.2) is 34.9 Å². The fraction of sp³-hybridized carbons (Fsp3) is 0.160. The normalized spacial score (nSPS) is 12.3. The van der Waals surface area contributed by atoms with Gasteiger partial charge in [0.25, 0.3) is 0 Å². The van der Waals surface area contributed by atoms with Gasteiger partial charge in [-0.2, -0.15) is 10.0 Å². The van der Waals surface area contributed by atoms with Gasteiger partial charge in [-0.1, -0.05) is 30.2 Å². The Morgan fingerprint density at radius 3 is 2.52 bits per heavy atom. The van der Waals surface area contributed by atoms with E-state index in [2.05, 4.69) is 40.1 Å². The summed E-state index contributed by atoms with van der Waals surface area (Å²) in [5.74, 6) is 8.97. The molecule has 0 bridgehead atoms. The summed E-state index contributed by atoms with van der Waals surface area (Å²) in [5.41, 5.74) is 6.81. The fourth-order valence-electron chi connectivity index (χ4n) is 2.95. The maximum Gasteiger partial charge on any atom is 0.0707 e. The topological polar surface area (TPSA) is 91.0 Å². The lowest BCUT2D eigenvalue weighted by atomic mass is 9.99. The fourth-order valence-corrected chi connectivity index (χ4v) is 5.14. The van der Waals surface area contributed by atoms with E-state index in [0.29, 0.717) is 17.0 Å². The molecule has 0 saturated carbocycles. The first-order valence-corrected chi connectivity index (χ1v) is 15.3. The second-order valence-corrected chi connectivity index (χ2v) is 14.1. The molecule has 0 radical (unpaired) electrons. The zero-order chi connectivity index (χ0) is 24.0. The first-order valence-electron chi connectivity index (χ1n) is 10.0. The summed E-state index contributed by atoms with van der Waals surface area (Å²) in [6, 6.07) is 20.9. The Hall–Kier alpha value is -2.70. The average molecular weight is 497 g/mol. The lowest BCUT2D eigenvalue weighted by Gasteiger charge is -2.15. The third kappa shape index (κ3) is 6.89. The zero-order valence-corrected chi connectivity index (χ0v) is 21.5. The second-order valence-electron chi connectivity index (χ2n) is 8.03. The summed E-state index contributed by atoms with van der Waals surface area (Å²) >= 11 is 1.39. The average Bonchev–Trinajstić information content (AvgIpc) is 2.80. The van der Waals surface area contributed by atoms with Gasteiger partial charge in [-0.05, 0) is 78.4 Å². The maximum atomic E-state index is 12.0. The molecule has 8 heteroatoms. The molecule has 1 atom stereocenters. The molecular formula is C25H28N4OS3. The van der Waals surface area contributed by atoms with Crippen LogP contribution >= 0.6 is 22.0 Å². The van der Waals surface area contributed by atoms with Gasteiger partial charge in [0.2, 0.25) is 0 Å². The molecule has 33 heavy (non-hydrogen) atoms. The Bertz CT molecular complexity index is 1260. The smallest absolute Gasteiger partial charge is 0.0707 e. The van der Waals surface area contributed by atoms with Crippen molar-refractivity contribution >= 4 is 49.9 Å². The van der Waals surface area contributed by atoms with Crippen LogP contribution < -0.4 is 16.0 Å². The van der Waals surface area contributed by atoms with Gasteiger partial charge in [0, 0.05) is 33.5 Å². The lowest BCUT2D eigenvalue weighted by molar-refractivity contribution is 0.685. The number of hydrogen-bond donors (Lipinski definition) is 4. The third-order valence-corrected chi connectivity index (χ3v) is 7.27. The molecule has 0 aliphatic rings. The van der Waals surface area contributed by atoms with Crippen LogP contribution in [0.3, 0.4) is 0 Å². The van der Waals surface area contributed by atoms with E-state index in [1.54, 1.807) is 6.26 Å². The number of nitrogens with two attached hydrogens (primary N) is 1. The Kier molecular flexibility index (Phi) is 8.27. The molecule has 0 heterocycles. The Balaban J connectivity index is 1.88. The highest BCUT2D eigenvalue weighted by Crippen LogP contribution is 2.32. The summed E-state index contributed by atoms with van der Waals surface area (Å²) in [6.45, 7) is 0. The van der Waals surface area contributed by atoms with Crippen LogP contribution in [0.15, 0.2) is 76.5 Å². The molecule has 172 valence electrons. The van der Waals surface area contributed by atoms with Crippen molar-refractivity contribution in [3.63, 3.8) is 0 Å². The van der Waals surface area contributed by atoms with Gasteiger partial charge in [-0.3, -0.25) is 15.5 Å². The quantitative estimate of drug-likeness (QED) is 0.118. The highest BCUT2D eigenvalue weighted by atomic mass is 32.3. The van der Waals surface area contributed by atoms with E-state index in [-0.39, 0.29) is 0 Å². The van der Waals surface area contributed by atoms with E-state index in [0.717, 1.165) is 26.6 Å². The van der Waals surface area contributed by atoms with Gasteiger partial charge < -0.3 is 10.1 Å². The number of hydrogen-bond acceptors (Lipinski definition) is 6. The molecule has 0 aliphatic heterocycles. The van der Waals surface area contributed by atoms with Crippen LogP contribution in [0.25, 0.3) is 0 Å². The number of nitrogen functional groups attached to an aromatic ring is 1. The molecule has 3 aromatic carbocycles. The van der Waals surface area contributed by atoms with Crippen molar-refractivity contribution in [2.75, 3.05) is 35.2 Å². The van der Waals surface area contributed by atoms with Crippen LogP contribution in [0.5, 0.6) is 0 Å². The van der Waals surface area contributed by atoms with Crippen LogP contribution in [-0.2, 0) is 10.8 Å². The number of nitrogens with one attached hydrogen (secondary N) is 3. The SMILES string of the molecule is CS(=O)c1ccccc1SNc1ccc(NN)c(C(=N)c2cccc(C#CS(C)(C)C)c2)c1. The van der Waals surface area contributed by atoms with E-state index < -0.39 is 20.8 Å². The Morgan fingerprint density at radius 1 is 1.06 bits per heavy atom. The van der Waals surface area contributed by atoms with Crippen molar-refractivity contribution in [2.24, 2.45) is 5.84 Å². The molecule has 0 saturated heterocycles. The highest BCUT2D eigenvalue weighted by Gasteiger charge is 2.13. The van der Waals surface area contributed by atoms with Gasteiger partial charge in [0.1, 0.15) is 0 Å². The van der Waals surface area contributed by atoms with Crippen molar-refractivity contribution in [3.05, 3.63) is 83.4 Å². The monoisotopic (exact) mass is 496 g/mol. The number of benzene rings is 3. The van der Waals surface area contributed by atoms with Crippen molar-refractivity contribution in [1.29, 1.82) is 5.41 Å². The highest BCUT2D eigenvalue weighted by molar-refractivity contribution is 8.36. The molecule has 3 aromatic rings. The van der Waals surface area contributed by atoms with Gasteiger partial charge in [0.15, 0.2) is 0 Å². The minimum Gasteiger partial charge on any atom is -0.326 e. The van der Waals surface area contributed by atoms with Gasteiger partial charge >= 0.3 is 0 Å². The van der Waals surface area contributed by atoms with Crippen molar-refractivity contribution < 1.29 is 4.21 Å². The Labute approximate surface area is 204 Å². The molecule has 0 aliphatic carbocycles. The first kappa shape index (κ1) is 24.9. The molecule has 1 unspecified atom stereocenters. The van der Waals surface area contributed by atoms with E-state index in [9.17, 15) is 4.21 Å². The molecule has 5 nitrogen and oxygen atoms in total. The van der Waals surface area contributed by atoms with Crippen molar-refractivity contribution in [2.45, 2.75) is 9.79 Å². The van der Waals surface area contributed by atoms with E-state index >= 15 is 0 Å². The molecular weight excluding hydrogens is 469 g/mol. The number of rotatable bonds is 7. The largest absolute Gasteiger partial charge is 0.326 e.